The van der Waals surface area contributed by atoms with Crippen LogP contribution in [0.25, 0.3) is 5.65 Å². The molecule has 3 aromatic heterocycles. The maximum atomic E-state index is 5.54. The maximum absolute atomic E-state index is 5.54. The molecule has 0 amide bonds. The fourth-order valence-electron chi connectivity index (χ4n) is 1.51. The third-order valence-electron chi connectivity index (χ3n) is 2.51. The Morgan fingerprint density at radius 2 is 2.17 bits per heavy atom. The molecule has 0 radical (unpaired) electrons. The second-order valence-corrected chi connectivity index (χ2v) is 5.50. The van der Waals surface area contributed by atoms with E-state index in [1.807, 2.05) is 30.6 Å². The quantitative estimate of drug-likeness (QED) is 0.724. The van der Waals surface area contributed by atoms with Gasteiger partial charge in [-0.1, -0.05) is 0 Å². The first-order valence-electron chi connectivity index (χ1n) is 5.24. The van der Waals surface area contributed by atoms with Crippen molar-refractivity contribution in [3.8, 4) is 0 Å². The summed E-state index contributed by atoms with van der Waals surface area (Å²) in [5.41, 5.74) is 1.68. The molecule has 3 rings (SSSR count). The van der Waals surface area contributed by atoms with Crippen LogP contribution in [-0.2, 0) is 0 Å². The van der Waals surface area contributed by atoms with Crippen LogP contribution in [0, 0.1) is 13.8 Å². The molecule has 0 aliphatic carbocycles. The molecule has 0 fully saturated rings. The van der Waals surface area contributed by atoms with E-state index in [4.69, 9.17) is 4.42 Å². The van der Waals surface area contributed by atoms with Crippen LogP contribution in [0.2, 0.25) is 0 Å². The first kappa shape index (κ1) is 11.7. The van der Waals surface area contributed by atoms with Crippen molar-refractivity contribution in [2.24, 2.45) is 0 Å². The van der Waals surface area contributed by atoms with Crippen molar-refractivity contribution in [1.82, 2.24) is 19.4 Å². The minimum absolute atomic E-state index is 0.584. The summed E-state index contributed by atoms with van der Waals surface area (Å²) in [6, 6.07) is 0. The van der Waals surface area contributed by atoms with Gasteiger partial charge in [-0.3, -0.25) is 0 Å². The van der Waals surface area contributed by atoms with E-state index in [1.165, 1.54) is 11.8 Å². The molecule has 3 heterocycles. The second kappa shape index (κ2) is 4.40. The molecule has 0 aliphatic heterocycles. The molecule has 0 bridgehead atoms. The number of oxazole rings is 1. The SMILES string of the molecule is Cc1nc(Sc2nc(Br)cn3ccnc23)oc1C. The molecule has 3 aromatic rings. The van der Waals surface area contributed by atoms with E-state index < -0.39 is 0 Å². The Bertz CT molecular complexity index is 701. The van der Waals surface area contributed by atoms with Crippen molar-refractivity contribution >= 4 is 33.3 Å². The van der Waals surface area contributed by atoms with Crippen molar-refractivity contribution in [3.05, 3.63) is 34.6 Å². The monoisotopic (exact) mass is 324 g/mol. The molecule has 5 nitrogen and oxygen atoms in total. The zero-order chi connectivity index (χ0) is 12.7. The van der Waals surface area contributed by atoms with E-state index in [2.05, 4.69) is 30.9 Å². The third kappa shape index (κ3) is 2.04. The Balaban J connectivity index is 2.06. The summed E-state index contributed by atoms with van der Waals surface area (Å²) in [4.78, 5) is 13.0. The van der Waals surface area contributed by atoms with Crippen LogP contribution in [0.15, 0.2) is 37.9 Å². The summed E-state index contributed by atoms with van der Waals surface area (Å²) in [7, 11) is 0. The van der Waals surface area contributed by atoms with Gasteiger partial charge in [-0.05, 0) is 41.5 Å². The fourth-order valence-corrected chi connectivity index (χ4v) is 2.93. The minimum Gasteiger partial charge on any atom is -0.436 e. The lowest BCUT2D eigenvalue weighted by Crippen LogP contribution is -1.91. The van der Waals surface area contributed by atoms with Gasteiger partial charge in [0, 0.05) is 18.6 Å². The topological polar surface area (TPSA) is 56.2 Å². The summed E-state index contributed by atoms with van der Waals surface area (Å²) < 4.78 is 8.19. The Hall–Kier alpha value is -1.34. The van der Waals surface area contributed by atoms with Gasteiger partial charge in [0.2, 0.25) is 0 Å². The van der Waals surface area contributed by atoms with E-state index in [1.54, 1.807) is 6.20 Å². The molecule has 0 aliphatic rings. The zero-order valence-corrected chi connectivity index (χ0v) is 12.1. The molecule has 18 heavy (non-hydrogen) atoms. The van der Waals surface area contributed by atoms with Gasteiger partial charge in [-0.15, -0.1) is 0 Å². The van der Waals surface area contributed by atoms with Crippen molar-refractivity contribution in [2.75, 3.05) is 0 Å². The molecule has 0 spiro atoms. The number of imidazole rings is 1. The van der Waals surface area contributed by atoms with Crippen LogP contribution >= 0.6 is 27.7 Å². The fraction of sp³-hybridized carbons (Fsp3) is 0.182. The van der Waals surface area contributed by atoms with Crippen molar-refractivity contribution in [3.63, 3.8) is 0 Å². The van der Waals surface area contributed by atoms with Crippen LogP contribution in [-0.4, -0.2) is 19.4 Å². The molecular formula is C11H9BrN4OS. The third-order valence-corrected chi connectivity index (χ3v) is 3.71. The zero-order valence-electron chi connectivity index (χ0n) is 9.72. The number of halogens is 1. The van der Waals surface area contributed by atoms with Gasteiger partial charge in [0.25, 0.3) is 5.22 Å². The van der Waals surface area contributed by atoms with Crippen LogP contribution in [0.5, 0.6) is 0 Å². The number of fused-ring (bicyclic) bond motifs is 1. The van der Waals surface area contributed by atoms with Gasteiger partial charge in [0.15, 0.2) is 5.65 Å². The van der Waals surface area contributed by atoms with Gasteiger partial charge in [-0.2, -0.15) is 0 Å². The number of hydrogen-bond donors (Lipinski definition) is 0. The predicted octanol–water partition coefficient (Wildman–Crippen LogP) is 3.25. The molecule has 0 unspecified atom stereocenters. The maximum Gasteiger partial charge on any atom is 0.262 e. The van der Waals surface area contributed by atoms with Crippen LogP contribution in [0.3, 0.4) is 0 Å². The highest BCUT2D eigenvalue weighted by Crippen LogP contribution is 2.30. The van der Waals surface area contributed by atoms with E-state index in [-0.39, 0.29) is 0 Å². The highest BCUT2D eigenvalue weighted by Gasteiger charge is 2.13. The summed E-state index contributed by atoms with van der Waals surface area (Å²) in [5.74, 6) is 0.826. The van der Waals surface area contributed by atoms with Gasteiger partial charge in [-0.25, -0.2) is 15.0 Å². The number of hydrogen-bond acceptors (Lipinski definition) is 5. The first-order valence-corrected chi connectivity index (χ1v) is 6.85. The second-order valence-electron chi connectivity index (χ2n) is 3.75. The minimum atomic E-state index is 0.584. The first-order chi connectivity index (χ1) is 8.63. The van der Waals surface area contributed by atoms with Gasteiger partial charge in [0.1, 0.15) is 15.4 Å². The molecule has 0 saturated heterocycles. The number of nitrogens with zero attached hydrogens (tertiary/aromatic N) is 4. The summed E-state index contributed by atoms with van der Waals surface area (Å²) in [6.07, 6.45) is 5.47. The Morgan fingerprint density at radius 1 is 1.33 bits per heavy atom. The van der Waals surface area contributed by atoms with Gasteiger partial charge in [0.05, 0.1) is 5.69 Å². The van der Waals surface area contributed by atoms with E-state index in [0.29, 0.717) is 5.22 Å². The average Bonchev–Trinajstić information content (AvgIpc) is 2.86. The average molecular weight is 325 g/mol. The number of aromatic nitrogens is 4. The highest BCUT2D eigenvalue weighted by atomic mass is 79.9. The largest absolute Gasteiger partial charge is 0.436 e. The van der Waals surface area contributed by atoms with Crippen molar-refractivity contribution in [2.45, 2.75) is 24.1 Å². The van der Waals surface area contributed by atoms with Gasteiger partial charge >= 0.3 is 0 Å². The van der Waals surface area contributed by atoms with E-state index in [0.717, 1.165) is 26.7 Å². The summed E-state index contributed by atoms with van der Waals surface area (Å²) in [6.45, 7) is 3.81. The number of aryl methyl sites for hydroxylation is 2. The Morgan fingerprint density at radius 3 is 2.89 bits per heavy atom. The Labute approximate surface area is 116 Å². The van der Waals surface area contributed by atoms with Crippen molar-refractivity contribution < 1.29 is 4.42 Å². The molecular weight excluding hydrogens is 316 g/mol. The summed E-state index contributed by atoms with van der Waals surface area (Å²) >= 11 is 4.75. The lowest BCUT2D eigenvalue weighted by molar-refractivity contribution is 0.431. The predicted molar refractivity (Wildman–Crippen MR) is 70.8 cm³/mol. The molecule has 0 N–H and O–H groups in total. The van der Waals surface area contributed by atoms with Crippen LogP contribution in [0.1, 0.15) is 11.5 Å². The lowest BCUT2D eigenvalue weighted by atomic mass is 10.4. The molecule has 0 saturated carbocycles. The van der Waals surface area contributed by atoms with Crippen LogP contribution < -0.4 is 0 Å². The van der Waals surface area contributed by atoms with Crippen LogP contribution in [0.4, 0.5) is 0 Å². The van der Waals surface area contributed by atoms with Gasteiger partial charge < -0.3 is 8.82 Å². The molecule has 0 atom stereocenters. The normalized spacial score (nSPS) is 11.3. The smallest absolute Gasteiger partial charge is 0.262 e. The standard InChI is InChI=1S/C11H9BrN4OS/c1-6-7(2)17-11(14-6)18-10-9-13-3-4-16(9)5-8(12)15-10/h3-5H,1-2H3. The molecule has 7 heteroatoms. The molecule has 92 valence electrons. The number of rotatable bonds is 2. The highest BCUT2D eigenvalue weighted by molar-refractivity contribution is 9.10. The van der Waals surface area contributed by atoms with Crippen molar-refractivity contribution in [1.29, 1.82) is 0 Å². The van der Waals surface area contributed by atoms with E-state index in [9.17, 15) is 0 Å². The lowest BCUT2D eigenvalue weighted by Gasteiger charge is -2.00. The Kier molecular flexibility index (Phi) is 2.87. The summed E-state index contributed by atoms with van der Waals surface area (Å²) in [5, 5.41) is 1.34. The van der Waals surface area contributed by atoms with E-state index >= 15 is 0 Å². The molecule has 0 aromatic carbocycles.